The van der Waals surface area contributed by atoms with Gasteiger partial charge < -0.3 is 18.9 Å². The number of ether oxygens (including phenoxy) is 4. The molecule has 7 nitrogen and oxygen atoms in total. The van der Waals surface area contributed by atoms with Gasteiger partial charge in [0.05, 0.1) is 20.3 Å². The third-order valence-corrected chi connectivity index (χ3v) is 6.89. The number of hydrogen-bond acceptors (Lipinski definition) is 7. The molecule has 0 bridgehead atoms. The summed E-state index contributed by atoms with van der Waals surface area (Å²) in [6.45, 7) is 7.84. The monoisotopic (exact) mass is 611 g/mol. The summed E-state index contributed by atoms with van der Waals surface area (Å²) in [6, 6.07) is 28.5. The fourth-order valence-electron chi connectivity index (χ4n) is 4.31. The molecule has 1 atom stereocenters. The van der Waals surface area contributed by atoms with Gasteiger partial charge in [0.25, 0.3) is 0 Å². The molecule has 0 amide bonds. The summed E-state index contributed by atoms with van der Waals surface area (Å²) in [5.41, 5.74) is 3.24. The maximum atomic E-state index is 12.8. The summed E-state index contributed by atoms with van der Waals surface area (Å²) in [7, 11) is 1.61. The van der Waals surface area contributed by atoms with E-state index in [9.17, 15) is 14.9 Å². The van der Waals surface area contributed by atoms with E-state index >= 15 is 0 Å². The Morgan fingerprint density at radius 2 is 1.47 bits per heavy atom. The van der Waals surface area contributed by atoms with Crippen molar-refractivity contribution in [2.75, 3.05) is 33.5 Å². The molecule has 0 aliphatic carbocycles. The van der Waals surface area contributed by atoms with Gasteiger partial charge in [-0.25, -0.2) is 9.59 Å². The van der Waals surface area contributed by atoms with Crippen LogP contribution < -0.4 is 4.74 Å². The van der Waals surface area contributed by atoms with E-state index in [0.29, 0.717) is 31.3 Å². The second-order valence-corrected chi connectivity index (χ2v) is 10.1. The van der Waals surface area contributed by atoms with Crippen molar-refractivity contribution >= 4 is 23.6 Å². The molecular formula is C38H45NO6. The molecule has 3 aromatic carbocycles. The molecule has 0 aliphatic rings. The van der Waals surface area contributed by atoms with Gasteiger partial charge in [-0.3, -0.25) is 0 Å². The van der Waals surface area contributed by atoms with Gasteiger partial charge in [0.1, 0.15) is 24.0 Å². The molecule has 0 heterocycles. The van der Waals surface area contributed by atoms with E-state index in [1.807, 2.05) is 91.9 Å². The van der Waals surface area contributed by atoms with Crippen LogP contribution in [0.25, 0.3) is 11.6 Å². The standard InChI is InChI=1S/C24H27NO2.C14H18O4/c1-3-5-12-19(4-2)18-27-24(26)22(17-25)23(20-13-8-6-9-14-20)21-15-10-7-11-16-21;1-3-17-10-11-18-14(15)9-6-12-4-7-13(16-2)8-5-12/h6-11,13-16,19H,3-5,12,18H2,1-2H3;4-9H,3,10-11H2,1-2H3/b;9-6+. The predicted molar refractivity (Wildman–Crippen MR) is 178 cm³/mol. The highest BCUT2D eigenvalue weighted by Crippen LogP contribution is 2.27. The average molecular weight is 612 g/mol. The number of carbonyl (C=O) groups is 2. The molecule has 3 aromatic rings. The second kappa shape index (κ2) is 21.9. The molecule has 238 valence electrons. The molecule has 1 unspecified atom stereocenters. The first-order valence-electron chi connectivity index (χ1n) is 15.5. The van der Waals surface area contributed by atoms with Crippen LogP contribution in [0.3, 0.4) is 0 Å². The number of unbranched alkanes of at least 4 members (excludes halogenated alkanes) is 1. The third kappa shape index (κ3) is 13.7. The lowest BCUT2D eigenvalue weighted by Gasteiger charge is -2.16. The van der Waals surface area contributed by atoms with Gasteiger partial charge in [0.2, 0.25) is 0 Å². The predicted octanol–water partition coefficient (Wildman–Crippen LogP) is 8.06. The molecule has 0 radical (unpaired) electrons. The smallest absolute Gasteiger partial charge is 0.349 e. The summed E-state index contributed by atoms with van der Waals surface area (Å²) in [5, 5.41) is 9.74. The van der Waals surface area contributed by atoms with Crippen molar-refractivity contribution in [3.63, 3.8) is 0 Å². The van der Waals surface area contributed by atoms with Crippen molar-refractivity contribution in [2.24, 2.45) is 5.92 Å². The van der Waals surface area contributed by atoms with Gasteiger partial charge in [-0.15, -0.1) is 0 Å². The Morgan fingerprint density at radius 1 is 0.844 bits per heavy atom. The number of nitriles is 1. The number of benzene rings is 3. The van der Waals surface area contributed by atoms with Gasteiger partial charge in [-0.2, -0.15) is 5.26 Å². The fourth-order valence-corrected chi connectivity index (χ4v) is 4.31. The summed E-state index contributed by atoms with van der Waals surface area (Å²) in [6.07, 6.45) is 7.34. The van der Waals surface area contributed by atoms with Gasteiger partial charge in [0, 0.05) is 18.3 Å². The number of esters is 2. The minimum atomic E-state index is -0.546. The van der Waals surface area contributed by atoms with Crippen LogP contribution in [0, 0.1) is 17.2 Å². The molecule has 0 saturated carbocycles. The zero-order valence-corrected chi connectivity index (χ0v) is 26.9. The largest absolute Gasteiger partial charge is 0.497 e. The maximum Gasteiger partial charge on any atom is 0.349 e. The van der Waals surface area contributed by atoms with E-state index in [2.05, 4.69) is 19.9 Å². The Morgan fingerprint density at radius 3 is 1.98 bits per heavy atom. The summed E-state index contributed by atoms with van der Waals surface area (Å²) >= 11 is 0. The Balaban J connectivity index is 0.000000341. The topological polar surface area (TPSA) is 94.9 Å². The van der Waals surface area contributed by atoms with Crippen LogP contribution in [0.1, 0.15) is 63.1 Å². The van der Waals surface area contributed by atoms with Crippen molar-refractivity contribution < 1.29 is 28.5 Å². The molecule has 0 saturated heterocycles. The van der Waals surface area contributed by atoms with Gasteiger partial charge >= 0.3 is 11.9 Å². The van der Waals surface area contributed by atoms with Crippen molar-refractivity contribution in [3.8, 4) is 11.8 Å². The molecule has 45 heavy (non-hydrogen) atoms. The quantitative estimate of drug-likeness (QED) is 0.0700. The number of methoxy groups -OCH3 is 1. The van der Waals surface area contributed by atoms with E-state index in [-0.39, 0.29) is 18.1 Å². The lowest BCUT2D eigenvalue weighted by molar-refractivity contribution is -0.140. The normalized spacial score (nSPS) is 11.0. The minimum absolute atomic E-state index is 0.0535. The summed E-state index contributed by atoms with van der Waals surface area (Å²) in [4.78, 5) is 24.1. The molecule has 0 aliphatic heterocycles. The number of rotatable bonds is 16. The lowest BCUT2D eigenvalue weighted by Crippen LogP contribution is -2.16. The van der Waals surface area contributed by atoms with Crippen LogP contribution in [0.2, 0.25) is 0 Å². The molecule has 7 heteroatoms. The van der Waals surface area contributed by atoms with E-state index in [1.165, 1.54) is 6.08 Å². The first-order chi connectivity index (χ1) is 22.0. The van der Waals surface area contributed by atoms with E-state index in [0.717, 1.165) is 48.1 Å². The SMILES string of the molecule is CCCCC(CC)COC(=O)C(C#N)=C(c1ccccc1)c1ccccc1.CCOCCOC(=O)/C=C/c1ccc(OC)cc1. The van der Waals surface area contributed by atoms with Gasteiger partial charge in [-0.1, -0.05) is 106 Å². The first-order valence-corrected chi connectivity index (χ1v) is 15.5. The van der Waals surface area contributed by atoms with Crippen LogP contribution >= 0.6 is 0 Å². The van der Waals surface area contributed by atoms with Crippen LogP contribution in [-0.2, 0) is 23.8 Å². The minimum Gasteiger partial charge on any atom is -0.497 e. The highest BCUT2D eigenvalue weighted by Gasteiger charge is 2.21. The third-order valence-electron chi connectivity index (χ3n) is 6.89. The number of hydrogen-bond donors (Lipinski definition) is 0. The molecular weight excluding hydrogens is 566 g/mol. The fraction of sp³-hybridized carbons (Fsp3) is 0.342. The Hall–Kier alpha value is -4.67. The molecule has 3 rings (SSSR count). The van der Waals surface area contributed by atoms with Gasteiger partial charge in [-0.05, 0) is 54.2 Å². The van der Waals surface area contributed by atoms with E-state index < -0.39 is 5.97 Å². The Bertz CT molecular complexity index is 1330. The first kappa shape index (κ1) is 36.5. The molecule has 0 spiro atoms. The number of carbonyl (C=O) groups excluding carboxylic acids is 2. The van der Waals surface area contributed by atoms with Crippen molar-refractivity contribution in [2.45, 2.75) is 46.5 Å². The van der Waals surface area contributed by atoms with E-state index in [4.69, 9.17) is 18.9 Å². The summed E-state index contributed by atoms with van der Waals surface area (Å²) in [5.74, 6) is 0.206. The highest BCUT2D eigenvalue weighted by atomic mass is 16.6. The van der Waals surface area contributed by atoms with Crippen molar-refractivity contribution in [1.29, 1.82) is 5.26 Å². The van der Waals surface area contributed by atoms with Crippen LogP contribution in [-0.4, -0.2) is 45.5 Å². The highest BCUT2D eigenvalue weighted by molar-refractivity contribution is 6.05. The lowest BCUT2D eigenvalue weighted by atomic mass is 9.93. The zero-order valence-electron chi connectivity index (χ0n) is 26.9. The van der Waals surface area contributed by atoms with Crippen molar-refractivity contribution in [1.82, 2.24) is 0 Å². The Kier molecular flexibility index (Phi) is 17.8. The zero-order chi connectivity index (χ0) is 32.7. The van der Waals surface area contributed by atoms with Crippen LogP contribution in [0.15, 0.2) is 96.6 Å². The molecule has 0 N–H and O–H groups in total. The summed E-state index contributed by atoms with van der Waals surface area (Å²) < 4.78 is 20.6. The average Bonchev–Trinajstić information content (AvgIpc) is 3.09. The van der Waals surface area contributed by atoms with E-state index in [1.54, 1.807) is 13.2 Å². The molecule has 0 fully saturated rings. The van der Waals surface area contributed by atoms with Gasteiger partial charge in [0.15, 0.2) is 0 Å². The van der Waals surface area contributed by atoms with Crippen LogP contribution in [0.5, 0.6) is 5.75 Å². The maximum absolute atomic E-state index is 12.8. The van der Waals surface area contributed by atoms with Crippen molar-refractivity contribution in [3.05, 3.63) is 113 Å². The number of nitrogens with zero attached hydrogens (tertiary/aromatic N) is 1. The Labute approximate surface area is 268 Å². The van der Waals surface area contributed by atoms with Crippen LogP contribution in [0.4, 0.5) is 0 Å². The molecule has 0 aromatic heterocycles. The second-order valence-electron chi connectivity index (χ2n) is 10.1.